The van der Waals surface area contributed by atoms with Crippen molar-refractivity contribution in [3.8, 4) is 0 Å². The number of halogens is 1. The van der Waals surface area contributed by atoms with Crippen molar-refractivity contribution in [2.75, 3.05) is 44.6 Å². The van der Waals surface area contributed by atoms with Gasteiger partial charge in [-0.1, -0.05) is 37.3 Å². The number of carbonyl (C=O) groups excluding carboxylic acids is 2. The summed E-state index contributed by atoms with van der Waals surface area (Å²) in [5.41, 5.74) is 1.83. The molecular weight excluding hydrogens is 407 g/mol. The first-order valence-corrected chi connectivity index (χ1v) is 11.3. The number of benzene rings is 2. The van der Waals surface area contributed by atoms with Crippen molar-refractivity contribution in [2.24, 2.45) is 0 Å². The van der Waals surface area contributed by atoms with Gasteiger partial charge < -0.3 is 10.6 Å². The second kappa shape index (κ2) is 11.7. The Balaban J connectivity index is 1.40. The molecule has 7 heteroatoms. The van der Waals surface area contributed by atoms with E-state index in [9.17, 15) is 14.0 Å². The standard InChI is InChI=1S/C25H33FN4O2/c1-3-20(21-7-5-4-6-8-21)17-27-25(32)19(2)30-15-13-29(14-16-30)18-24(31)28-23-11-9-22(26)10-12-23/h4-12,19-20H,3,13-18H2,1-2H3,(H,27,32)(H,28,31)/t19-,20+/m1/s1. The van der Waals surface area contributed by atoms with Gasteiger partial charge in [-0.15, -0.1) is 0 Å². The average Bonchev–Trinajstić information content (AvgIpc) is 2.81. The largest absolute Gasteiger partial charge is 0.354 e. The molecule has 172 valence electrons. The van der Waals surface area contributed by atoms with Gasteiger partial charge in [0.25, 0.3) is 0 Å². The molecule has 0 spiro atoms. The number of hydrogen-bond acceptors (Lipinski definition) is 4. The molecule has 2 amide bonds. The number of amides is 2. The Morgan fingerprint density at radius 3 is 2.28 bits per heavy atom. The lowest BCUT2D eigenvalue weighted by molar-refractivity contribution is -0.127. The first-order chi connectivity index (χ1) is 15.5. The molecule has 0 unspecified atom stereocenters. The molecule has 0 bridgehead atoms. The third kappa shape index (κ3) is 6.87. The van der Waals surface area contributed by atoms with Gasteiger partial charge >= 0.3 is 0 Å². The van der Waals surface area contributed by atoms with E-state index in [1.165, 1.54) is 17.7 Å². The van der Waals surface area contributed by atoms with Crippen LogP contribution in [-0.2, 0) is 9.59 Å². The molecule has 0 saturated carbocycles. The SMILES string of the molecule is CC[C@@H](CNC(=O)[C@@H](C)N1CCN(CC(=O)Nc2ccc(F)cc2)CC1)c1ccccc1. The normalized spacial score (nSPS) is 16.8. The van der Waals surface area contributed by atoms with Gasteiger partial charge in [-0.2, -0.15) is 0 Å². The maximum Gasteiger partial charge on any atom is 0.238 e. The zero-order valence-electron chi connectivity index (χ0n) is 18.9. The lowest BCUT2D eigenvalue weighted by Gasteiger charge is -2.37. The molecule has 0 aromatic heterocycles. The highest BCUT2D eigenvalue weighted by atomic mass is 19.1. The van der Waals surface area contributed by atoms with Crippen LogP contribution in [0, 0.1) is 5.82 Å². The monoisotopic (exact) mass is 440 g/mol. The van der Waals surface area contributed by atoms with Crippen LogP contribution in [0.3, 0.4) is 0 Å². The van der Waals surface area contributed by atoms with Gasteiger partial charge in [0, 0.05) is 44.3 Å². The van der Waals surface area contributed by atoms with Gasteiger partial charge in [0.15, 0.2) is 0 Å². The Hall–Kier alpha value is -2.77. The van der Waals surface area contributed by atoms with E-state index in [2.05, 4.69) is 39.5 Å². The topological polar surface area (TPSA) is 64.7 Å². The van der Waals surface area contributed by atoms with Crippen LogP contribution in [0.5, 0.6) is 0 Å². The minimum Gasteiger partial charge on any atom is -0.354 e. The molecule has 2 aromatic carbocycles. The van der Waals surface area contributed by atoms with E-state index in [0.29, 0.717) is 18.2 Å². The second-order valence-corrected chi connectivity index (χ2v) is 8.30. The predicted molar refractivity (Wildman–Crippen MR) is 125 cm³/mol. The molecule has 2 aromatic rings. The zero-order chi connectivity index (χ0) is 22.9. The van der Waals surface area contributed by atoms with Crippen LogP contribution in [0.15, 0.2) is 54.6 Å². The fourth-order valence-electron chi connectivity index (χ4n) is 4.01. The fourth-order valence-corrected chi connectivity index (χ4v) is 4.01. The summed E-state index contributed by atoms with van der Waals surface area (Å²) >= 11 is 0. The number of piperazine rings is 1. The number of nitrogens with one attached hydrogen (secondary N) is 2. The van der Waals surface area contributed by atoms with E-state index < -0.39 is 0 Å². The first-order valence-electron chi connectivity index (χ1n) is 11.3. The van der Waals surface area contributed by atoms with Gasteiger partial charge in [-0.05, 0) is 43.2 Å². The maximum absolute atomic E-state index is 13.0. The molecule has 6 nitrogen and oxygen atoms in total. The molecule has 2 N–H and O–H groups in total. The summed E-state index contributed by atoms with van der Waals surface area (Å²) in [4.78, 5) is 29.2. The van der Waals surface area contributed by atoms with Gasteiger partial charge in [0.1, 0.15) is 5.82 Å². The van der Waals surface area contributed by atoms with Crippen LogP contribution in [0.4, 0.5) is 10.1 Å². The molecule has 1 aliphatic heterocycles. The van der Waals surface area contributed by atoms with Crippen LogP contribution >= 0.6 is 0 Å². The molecule has 1 fully saturated rings. The average molecular weight is 441 g/mol. The maximum atomic E-state index is 13.0. The summed E-state index contributed by atoms with van der Waals surface area (Å²) in [6.07, 6.45) is 0.970. The van der Waals surface area contributed by atoms with Crippen LogP contribution < -0.4 is 10.6 Å². The van der Waals surface area contributed by atoms with Crippen LogP contribution in [0.25, 0.3) is 0 Å². The summed E-state index contributed by atoms with van der Waals surface area (Å²) in [6, 6.07) is 15.8. The molecule has 2 atom stereocenters. The Kier molecular flexibility index (Phi) is 8.76. The van der Waals surface area contributed by atoms with E-state index in [-0.39, 0.29) is 30.2 Å². The predicted octanol–water partition coefficient (Wildman–Crippen LogP) is 3.08. The summed E-state index contributed by atoms with van der Waals surface area (Å²) in [5, 5.41) is 5.91. The zero-order valence-corrected chi connectivity index (χ0v) is 18.9. The highest BCUT2D eigenvalue weighted by molar-refractivity contribution is 5.92. The van der Waals surface area contributed by atoms with Crippen molar-refractivity contribution in [1.82, 2.24) is 15.1 Å². The van der Waals surface area contributed by atoms with Crippen molar-refractivity contribution in [2.45, 2.75) is 32.2 Å². The summed E-state index contributed by atoms with van der Waals surface area (Å²) < 4.78 is 13.0. The molecule has 3 rings (SSSR count). The summed E-state index contributed by atoms with van der Waals surface area (Å²) in [7, 11) is 0. The number of hydrogen-bond donors (Lipinski definition) is 2. The fraction of sp³-hybridized carbons (Fsp3) is 0.440. The lowest BCUT2D eigenvalue weighted by Crippen LogP contribution is -2.55. The van der Waals surface area contributed by atoms with Crippen LogP contribution in [-0.4, -0.2) is 66.9 Å². The highest BCUT2D eigenvalue weighted by Crippen LogP contribution is 2.18. The quantitative estimate of drug-likeness (QED) is 0.629. The van der Waals surface area contributed by atoms with Gasteiger partial charge in [-0.25, -0.2) is 4.39 Å². The smallest absolute Gasteiger partial charge is 0.238 e. The molecule has 1 saturated heterocycles. The molecule has 0 radical (unpaired) electrons. The first kappa shape index (κ1) is 23.9. The molecule has 1 aliphatic rings. The van der Waals surface area contributed by atoms with Gasteiger partial charge in [0.05, 0.1) is 12.6 Å². The summed E-state index contributed by atoms with van der Waals surface area (Å²) in [6.45, 7) is 7.89. The van der Waals surface area contributed by atoms with Crippen molar-refractivity contribution < 1.29 is 14.0 Å². The van der Waals surface area contributed by atoms with Crippen molar-refractivity contribution in [3.05, 3.63) is 66.0 Å². The Labute approximate surface area is 189 Å². The highest BCUT2D eigenvalue weighted by Gasteiger charge is 2.26. The third-order valence-electron chi connectivity index (χ3n) is 6.12. The van der Waals surface area contributed by atoms with E-state index in [0.717, 1.165) is 32.6 Å². The third-order valence-corrected chi connectivity index (χ3v) is 6.12. The number of rotatable bonds is 9. The van der Waals surface area contributed by atoms with Crippen LogP contribution in [0.2, 0.25) is 0 Å². The van der Waals surface area contributed by atoms with Crippen molar-refractivity contribution >= 4 is 17.5 Å². The minimum absolute atomic E-state index is 0.0434. The second-order valence-electron chi connectivity index (χ2n) is 8.30. The van der Waals surface area contributed by atoms with E-state index in [1.54, 1.807) is 12.1 Å². The van der Waals surface area contributed by atoms with Gasteiger partial charge in [0.2, 0.25) is 11.8 Å². The lowest BCUT2D eigenvalue weighted by atomic mass is 9.96. The Bertz CT molecular complexity index is 867. The Morgan fingerprint density at radius 2 is 1.66 bits per heavy atom. The molecular formula is C25H33FN4O2. The van der Waals surface area contributed by atoms with E-state index in [1.807, 2.05) is 25.1 Å². The molecule has 1 heterocycles. The number of carbonyl (C=O) groups is 2. The summed E-state index contributed by atoms with van der Waals surface area (Å²) in [5.74, 6) is -0.101. The molecule has 0 aliphatic carbocycles. The van der Waals surface area contributed by atoms with Crippen molar-refractivity contribution in [1.29, 1.82) is 0 Å². The Morgan fingerprint density at radius 1 is 1.00 bits per heavy atom. The number of nitrogens with zero attached hydrogens (tertiary/aromatic N) is 2. The molecule has 32 heavy (non-hydrogen) atoms. The van der Waals surface area contributed by atoms with Crippen LogP contribution in [0.1, 0.15) is 31.7 Å². The van der Waals surface area contributed by atoms with Gasteiger partial charge in [-0.3, -0.25) is 19.4 Å². The van der Waals surface area contributed by atoms with Crippen molar-refractivity contribution in [3.63, 3.8) is 0 Å². The number of anilines is 1. The minimum atomic E-state index is -0.331. The van der Waals surface area contributed by atoms with E-state index in [4.69, 9.17) is 0 Å². The van der Waals surface area contributed by atoms with E-state index >= 15 is 0 Å².